The summed E-state index contributed by atoms with van der Waals surface area (Å²) in [5, 5.41) is 0. The second-order valence-electron chi connectivity index (χ2n) is 2.32. The Bertz CT molecular complexity index is 284. The number of ether oxygens (including phenoxy) is 1. The molecule has 0 fully saturated rings. The highest BCUT2D eigenvalue weighted by Gasteiger charge is 2.01. The van der Waals surface area contributed by atoms with Crippen molar-refractivity contribution in [1.29, 1.82) is 0 Å². The lowest BCUT2D eigenvalue weighted by atomic mass is 10.1. The Labute approximate surface area is 76.1 Å². The first-order chi connectivity index (χ1) is 5.81. The summed E-state index contributed by atoms with van der Waals surface area (Å²) < 4.78 is 5.04. The molecule has 64 valence electrons. The molecule has 0 aliphatic rings. The number of alkyl halides is 1. The Hall–Kier alpha value is -1.02. The van der Waals surface area contributed by atoms with Gasteiger partial charge in [0.2, 0.25) is 0 Å². The van der Waals surface area contributed by atoms with Crippen LogP contribution in [-0.2, 0) is 5.88 Å². The van der Waals surface area contributed by atoms with Crippen LogP contribution in [0.25, 0.3) is 0 Å². The molecule has 0 amide bonds. The van der Waals surface area contributed by atoms with Crippen molar-refractivity contribution in [3.05, 3.63) is 29.3 Å². The molecule has 0 heterocycles. The van der Waals surface area contributed by atoms with Crippen LogP contribution in [0.2, 0.25) is 0 Å². The zero-order valence-electron chi connectivity index (χ0n) is 6.71. The van der Waals surface area contributed by atoms with Crippen LogP contribution in [0.1, 0.15) is 15.9 Å². The summed E-state index contributed by atoms with van der Waals surface area (Å²) in [6, 6.07) is 5.15. The summed E-state index contributed by atoms with van der Waals surface area (Å²) >= 11 is 5.64. The smallest absolute Gasteiger partial charge is 0.150 e. The Morgan fingerprint density at radius 2 is 2.33 bits per heavy atom. The fourth-order valence-electron chi connectivity index (χ4n) is 0.976. The lowest BCUT2D eigenvalue weighted by Crippen LogP contribution is -1.91. The molecule has 0 atom stereocenters. The molecular formula is C9H9ClO2. The van der Waals surface area contributed by atoms with Gasteiger partial charge in [-0.1, -0.05) is 0 Å². The molecule has 0 aliphatic heterocycles. The normalized spacial score (nSPS) is 9.50. The number of carbonyl (C=O) groups excluding carboxylic acids is 1. The average molecular weight is 185 g/mol. The topological polar surface area (TPSA) is 26.3 Å². The van der Waals surface area contributed by atoms with Crippen molar-refractivity contribution in [3.63, 3.8) is 0 Å². The molecule has 0 N–H and O–H groups in total. The van der Waals surface area contributed by atoms with Crippen LogP contribution in [0.3, 0.4) is 0 Å². The molecule has 1 aromatic rings. The van der Waals surface area contributed by atoms with Gasteiger partial charge in [-0.05, 0) is 18.2 Å². The fraction of sp³-hybridized carbons (Fsp3) is 0.222. The molecule has 0 saturated heterocycles. The van der Waals surface area contributed by atoms with Gasteiger partial charge in [0.1, 0.15) is 12.0 Å². The Morgan fingerprint density at radius 3 is 2.83 bits per heavy atom. The van der Waals surface area contributed by atoms with E-state index in [0.717, 1.165) is 17.6 Å². The first-order valence-corrected chi connectivity index (χ1v) is 4.03. The van der Waals surface area contributed by atoms with Crippen molar-refractivity contribution < 1.29 is 9.53 Å². The number of benzene rings is 1. The van der Waals surface area contributed by atoms with Crippen LogP contribution in [0.5, 0.6) is 5.75 Å². The SMILES string of the molecule is COc1ccc(C=O)cc1CCl. The van der Waals surface area contributed by atoms with Crippen LogP contribution < -0.4 is 4.74 Å². The second kappa shape index (κ2) is 4.12. The number of rotatable bonds is 3. The minimum absolute atomic E-state index is 0.352. The molecule has 2 nitrogen and oxygen atoms in total. The van der Waals surface area contributed by atoms with E-state index in [-0.39, 0.29) is 0 Å². The molecule has 0 aliphatic carbocycles. The van der Waals surface area contributed by atoms with E-state index in [2.05, 4.69) is 0 Å². The molecule has 0 radical (unpaired) electrons. The lowest BCUT2D eigenvalue weighted by molar-refractivity contribution is 0.112. The zero-order valence-corrected chi connectivity index (χ0v) is 7.47. The number of hydrogen-bond donors (Lipinski definition) is 0. The molecule has 0 aromatic heterocycles. The quantitative estimate of drug-likeness (QED) is 0.532. The number of aldehydes is 1. The molecule has 0 unspecified atom stereocenters. The maximum Gasteiger partial charge on any atom is 0.150 e. The van der Waals surface area contributed by atoms with Crippen LogP contribution in [-0.4, -0.2) is 13.4 Å². The first kappa shape index (κ1) is 9.07. The molecule has 1 aromatic carbocycles. The molecule has 1 rings (SSSR count). The van der Waals surface area contributed by atoms with E-state index in [4.69, 9.17) is 16.3 Å². The third-order valence-electron chi connectivity index (χ3n) is 1.58. The van der Waals surface area contributed by atoms with Crippen molar-refractivity contribution in [2.45, 2.75) is 5.88 Å². The van der Waals surface area contributed by atoms with Crippen LogP contribution in [0, 0.1) is 0 Å². The first-order valence-electron chi connectivity index (χ1n) is 3.50. The van der Waals surface area contributed by atoms with Gasteiger partial charge in [0, 0.05) is 11.1 Å². The van der Waals surface area contributed by atoms with Crippen molar-refractivity contribution in [1.82, 2.24) is 0 Å². The molecule has 0 saturated carbocycles. The summed E-state index contributed by atoms with van der Waals surface area (Å²) in [6.45, 7) is 0. The Kier molecular flexibility index (Phi) is 3.11. The van der Waals surface area contributed by atoms with Gasteiger partial charge in [-0.25, -0.2) is 0 Å². The monoisotopic (exact) mass is 184 g/mol. The molecule has 12 heavy (non-hydrogen) atoms. The van der Waals surface area contributed by atoms with Gasteiger partial charge in [0.25, 0.3) is 0 Å². The van der Waals surface area contributed by atoms with E-state index in [0.29, 0.717) is 11.4 Å². The highest BCUT2D eigenvalue weighted by molar-refractivity contribution is 6.17. The summed E-state index contributed by atoms with van der Waals surface area (Å²) in [4.78, 5) is 10.4. The van der Waals surface area contributed by atoms with Crippen molar-refractivity contribution in [2.75, 3.05) is 7.11 Å². The number of hydrogen-bond acceptors (Lipinski definition) is 2. The van der Waals surface area contributed by atoms with Gasteiger partial charge in [0.15, 0.2) is 0 Å². The predicted octanol–water partition coefficient (Wildman–Crippen LogP) is 2.25. The third-order valence-corrected chi connectivity index (χ3v) is 1.87. The second-order valence-corrected chi connectivity index (χ2v) is 2.59. The molecular weight excluding hydrogens is 176 g/mol. The van der Waals surface area contributed by atoms with Gasteiger partial charge in [-0.3, -0.25) is 4.79 Å². The van der Waals surface area contributed by atoms with Gasteiger partial charge < -0.3 is 4.74 Å². The predicted molar refractivity (Wildman–Crippen MR) is 47.9 cm³/mol. The van der Waals surface area contributed by atoms with E-state index >= 15 is 0 Å². The maximum absolute atomic E-state index is 10.4. The lowest BCUT2D eigenvalue weighted by Gasteiger charge is -2.05. The summed E-state index contributed by atoms with van der Waals surface area (Å²) in [5.74, 6) is 1.07. The average Bonchev–Trinajstić information content (AvgIpc) is 2.16. The molecule has 3 heteroatoms. The van der Waals surface area contributed by atoms with Crippen LogP contribution >= 0.6 is 11.6 Å². The van der Waals surface area contributed by atoms with Gasteiger partial charge in [-0.15, -0.1) is 11.6 Å². The molecule has 0 spiro atoms. The van der Waals surface area contributed by atoms with Crippen LogP contribution in [0.4, 0.5) is 0 Å². The standard InChI is InChI=1S/C9H9ClO2/c1-12-9-3-2-7(6-11)4-8(9)5-10/h2-4,6H,5H2,1H3. The summed E-state index contributed by atoms with van der Waals surface area (Å²) in [6.07, 6.45) is 0.787. The number of methoxy groups -OCH3 is 1. The van der Waals surface area contributed by atoms with Crippen molar-refractivity contribution in [3.8, 4) is 5.75 Å². The number of halogens is 1. The van der Waals surface area contributed by atoms with E-state index in [1.54, 1.807) is 25.3 Å². The van der Waals surface area contributed by atoms with E-state index in [9.17, 15) is 4.79 Å². The highest BCUT2D eigenvalue weighted by Crippen LogP contribution is 2.20. The third kappa shape index (κ3) is 1.77. The fourth-order valence-corrected chi connectivity index (χ4v) is 1.19. The van der Waals surface area contributed by atoms with E-state index in [1.807, 2.05) is 0 Å². The van der Waals surface area contributed by atoms with Gasteiger partial charge >= 0.3 is 0 Å². The number of carbonyl (C=O) groups is 1. The summed E-state index contributed by atoms with van der Waals surface area (Å²) in [5.41, 5.74) is 1.45. The molecule has 0 bridgehead atoms. The minimum Gasteiger partial charge on any atom is -0.496 e. The largest absolute Gasteiger partial charge is 0.496 e. The zero-order chi connectivity index (χ0) is 8.97. The van der Waals surface area contributed by atoms with Gasteiger partial charge in [-0.2, -0.15) is 0 Å². The van der Waals surface area contributed by atoms with Crippen molar-refractivity contribution >= 4 is 17.9 Å². The minimum atomic E-state index is 0.352. The van der Waals surface area contributed by atoms with E-state index in [1.165, 1.54) is 0 Å². The highest BCUT2D eigenvalue weighted by atomic mass is 35.5. The van der Waals surface area contributed by atoms with Crippen LogP contribution in [0.15, 0.2) is 18.2 Å². The summed E-state index contributed by atoms with van der Waals surface area (Å²) in [7, 11) is 1.58. The van der Waals surface area contributed by atoms with E-state index < -0.39 is 0 Å². The Balaban J connectivity index is 3.10. The van der Waals surface area contributed by atoms with Crippen molar-refractivity contribution in [2.24, 2.45) is 0 Å². The maximum atomic E-state index is 10.4. The Morgan fingerprint density at radius 1 is 1.58 bits per heavy atom. The van der Waals surface area contributed by atoms with Gasteiger partial charge in [0.05, 0.1) is 13.0 Å².